The van der Waals surface area contributed by atoms with Gasteiger partial charge in [-0.25, -0.2) is 13.2 Å². The van der Waals surface area contributed by atoms with Gasteiger partial charge >= 0.3 is 5.97 Å². The van der Waals surface area contributed by atoms with Gasteiger partial charge in [-0.3, -0.25) is 0 Å². The molecule has 0 radical (unpaired) electrons. The molecule has 7 heteroatoms. The zero-order valence-electron chi connectivity index (χ0n) is 12.1. The molecule has 21 heavy (non-hydrogen) atoms. The highest BCUT2D eigenvalue weighted by atomic mass is 32.2. The Balaban J connectivity index is 2.86. The van der Waals surface area contributed by atoms with Crippen molar-refractivity contribution in [2.24, 2.45) is 0 Å². The maximum atomic E-state index is 12.0. The van der Waals surface area contributed by atoms with Crippen molar-refractivity contribution in [2.75, 3.05) is 20.2 Å². The van der Waals surface area contributed by atoms with Gasteiger partial charge in [-0.15, -0.1) is 0 Å². The molecule has 0 spiro atoms. The lowest BCUT2D eigenvalue weighted by Gasteiger charge is -2.13. The lowest BCUT2D eigenvalue weighted by Crippen LogP contribution is -2.28. The van der Waals surface area contributed by atoms with E-state index in [1.54, 1.807) is 24.3 Å². The SMILES string of the molecule is CCCOC(=O)c1cccc(CS(=O)(=O)N(C)CC#N)c1. The van der Waals surface area contributed by atoms with Crippen molar-refractivity contribution >= 4 is 16.0 Å². The Morgan fingerprint density at radius 2 is 2.14 bits per heavy atom. The quantitative estimate of drug-likeness (QED) is 0.563. The van der Waals surface area contributed by atoms with E-state index in [1.165, 1.54) is 13.1 Å². The van der Waals surface area contributed by atoms with Gasteiger partial charge in [-0.05, 0) is 24.1 Å². The molecule has 0 aromatic heterocycles. The largest absolute Gasteiger partial charge is 0.462 e. The summed E-state index contributed by atoms with van der Waals surface area (Å²) in [6.07, 6.45) is 0.721. The minimum Gasteiger partial charge on any atom is -0.462 e. The molecule has 0 heterocycles. The Bertz CT molecular complexity index is 635. The van der Waals surface area contributed by atoms with Crippen LogP contribution in [0.5, 0.6) is 0 Å². The van der Waals surface area contributed by atoms with Crippen LogP contribution in [-0.2, 0) is 20.5 Å². The van der Waals surface area contributed by atoms with E-state index in [0.717, 1.165) is 10.7 Å². The number of carbonyl (C=O) groups excluding carboxylic acids is 1. The molecular weight excluding hydrogens is 292 g/mol. The first kappa shape index (κ1) is 17.1. The average molecular weight is 310 g/mol. The number of sulfonamides is 1. The Labute approximate surface area is 125 Å². The standard InChI is InChI=1S/C14H18N2O4S/c1-3-9-20-14(17)13-6-4-5-12(10-13)11-21(18,19)16(2)8-7-15/h4-6,10H,3,8-9,11H2,1-2H3. The molecule has 6 nitrogen and oxygen atoms in total. The molecule has 0 aliphatic heterocycles. The van der Waals surface area contributed by atoms with Crippen LogP contribution in [0, 0.1) is 11.3 Å². The highest BCUT2D eigenvalue weighted by Crippen LogP contribution is 2.12. The van der Waals surface area contributed by atoms with E-state index in [-0.39, 0.29) is 12.3 Å². The van der Waals surface area contributed by atoms with Crippen LogP contribution >= 0.6 is 0 Å². The summed E-state index contributed by atoms with van der Waals surface area (Å²) in [5.74, 6) is -0.735. The van der Waals surface area contributed by atoms with Crippen molar-refractivity contribution in [1.29, 1.82) is 5.26 Å². The third-order valence-electron chi connectivity index (χ3n) is 2.72. The number of hydrogen-bond acceptors (Lipinski definition) is 5. The fourth-order valence-corrected chi connectivity index (χ4v) is 2.66. The van der Waals surface area contributed by atoms with Gasteiger partial charge in [0, 0.05) is 7.05 Å². The zero-order valence-corrected chi connectivity index (χ0v) is 12.9. The predicted octanol–water partition coefficient (Wildman–Crippen LogP) is 1.54. The summed E-state index contributed by atoms with van der Waals surface area (Å²) in [6.45, 7) is 2.01. The van der Waals surface area contributed by atoms with E-state index in [9.17, 15) is 13.2 Å². The van der Waals surface area contributed by atoms with E-state index in [0.29, 0.717) is 17.7 Å². The van der Waals surface area contributed by atoms with Gasteiger partial charge in [-0.1, -0.05) is 19.1 Å². The van der Waals surface area contributed by atoms with Gasteiger partial charge in [0.25, 0.3) is 0 Å². The molecule has 0 atom stereocenters. The van der Waals surface area contributed by atoms with Gasteiger partial charge in [0.15, 0.2) is 0 Å². The van der Waals surface area contributed by atoms with Crippen LogP contribution in [-0.4, -0.2) is 38.9 Å². The second kappa shape index (κ2) is 7.76. The molecule has 114 valence electrons. The molecule has 0 saturated carbocycles. The molecule has 1 rings (SSSR count). The van der Waals surface area contributed by atoms with E-state index >= 15 is 0 Å². The molecule has 0 bridgehead atoms. The lowest BCUT2D eigenvalue weighted by atomic mass is 10.1. The van der Waals surface area contributed by atoms with Crippen LogP contribution in [0.2, 0.25) is 0 Å². The maximum Gasteiger partial charge on any atom is 0.338 e. The Kier molecular flexibility index (Phi) is 6.34. The fourth-order valence-electron chi connectivity index (χ4n) is 1.58. The van der Waals surface area contributed by atoms with Crippen molar-refractivity contribution in [3.63, 3.8) is 0 Å². The first-order valence-corrected chi connectivity index (χ1v) is 8.08. The highest BCUT2D eigenvalue weighted by molar-refractivity contribution is 7.88. The van der Waals surface area contributed by atoms with E-state index in [1.807, 2.05) is 6.92 Å². The first-order valence-electron chi connectivity index (χ1n) is 6.47. The molecule has 0 fully saturated rings. The summed E-state index contributed by atoms with van der Waals surface area (Å²) < 4.78 is 30.0. The Hall–Kier alpha value is -1.91. The summed E-state index contributed by atoms with van der Waals surface area (Å²) in [4.78, 5) is 11.7. The predicted molar refractivity (Wildman–Crippen MR) is 77.9 cm³/mol. The number of ether oxygens (including phenoxy) is 1. The number of rotatable bonds is 7. The van der Waals surface area contributed by atoms with Crippen molar-refractivity contribution in [3.05, 3.63) is 35.4 Å². The lowest BCUT2D eigenvalue weighted by molar-refractivity contribution is 0.0505. The number of carbonyl (C=O) groups is 1. The van der Waals surface area contributed by atoms with E-state index in [2.05, 4.69) is 0 Å². The summed E-state index contributed by atoms with van der Waals surface area (Å²) >= 11 is 0. The van der Waals surface area contributed by atoms with E-state index in [4.69, 9.17) is 10.00 Å². The number of nitrogens with zero attached hydrogens (tertiary/aromatic N) is 2. The third kappa shape index (κ3) is 5.17. The number of nitriles is 1. The van der Waals surface area contributed by atoms with Crippen LogP contribution in [0.4, 0.5) is 0 Å². The van der Waals surface area contributed by atoms with Gasteiger partial charge in [0.05, 0.1) is 24.0 Å². The van der Waals surface area contributed by atoms with Crippen LogP contribution < -0.4 is 0 Å². The molecule has 1 aromatic carbocycles. The minimum absolute atomic E-state index is 0.208. The van der Waals surface area contributed by atoms with Crippen LogP contribution in [0.15, 0.2) is 24.3 Å². The normalized spacial score (nSPS) is 11.1. The Morgan fingerprint density at radius 3 is 2.76 bits per heavy atom. The Morgan fingerprint density at radius 1 is 1.43 bits per heavy atom. The molecule has 0 saturated heterocycles. The second-order valence-electron chi connectivity index (χ2n) is 4.51. The topological polar surface area (TPSA) is 87.5 Å². The summed E-state index contributed by atoms with van der Waals surface area (Å²) in [5, 5.41) is 8.55. The zero-order chi connectivity index (χ0) is 15.9. The average Bonchev–Trinajstić information content (AvgIpc) is 2.44. The van der Waals surface area contributed by atoms with Crippen LogP contribution in [0.3, 0.4) is 0 Å². The third-order valence-corrected chi connectivity index (χ3v) is 4.49. The van der Waals surface area contributed by atoms with Crippen molar-refractivity contribution < 1.29 is 17.9 Å². The minimum atomic E-state index is -3.58. The van der Waals surface area contributed by atoms with Gasteiger partial charge in [0.1, 0.15) is 6.54 Å². The van der Waals surface area contributed by atoms with Crippen LogP contribution in [0.1, 0.15) is 29.3 Å². The maximum absolute atomic E-state index is 12.0. The molecule has 0 unspecified atom stereocenters. The molecule has 0 aliphatic carbocycles. The van der Waals surface area contributed by atoms with Gasteiger partial charge in [-0.2, -0.15) is 9.57 Å². The fraction of sp³-hybridized carbons (Fsp3) is 0.429. The summed E-state index contributed by atoms with van der Waals surface area (Å²) in [6, 6.07) is 8.09. The smallest absolute Gasteiger partial charge is 0.338 e. The van der Waals surface area contributed by atoms with Gasteiger partial charge < -0.3 is 4.74 Å². The van der Waals surface area contributed by atoms with E-state index < -0.39 is 16.0 Å². The number of esters is 1. The monoisotopic (exact) mass is 310 g/mol. The van der Waals surface area contributed by atoms with Crippen molar-refractivity contribution in [3.8, 4) is 6.07 Å². The second-order valence-corrected chi connectivity index (χ2v) is 6.58. The molecule has 0 N–H and O–H groups in total. The van der Waals surface area contributed by atoms with Crippen molar-refractivity contribution in [1.82, 2.24) is 4.31 Å². The van der Waals surface area contributed by atoms with Gasteiger partial charge in [0.2, 0.25) is 10.0 Å². The number of benzene rings is 1. The molecular formula is C14H18N2O4S. The first-order chi connectivity index (χ1) is 9.90. The molecule has 1 aromatic rings. The number of hydrogen-bond donors (Lipinski definition) is 0. The highest BCUT2D eigenvalue weighted by Gasteiger charge is 2.19. The summed E-state index contributed by atoms with van der Waals surface area (Å²) in [7, 11) is -2.23. The molecule has 0 aliphatic rings. The molecule has 0 amide bonds. The van der Waals surface area contributed by atoms with Crippen molar-refractivity contribution in [2.45, 2.75) is 19.1 Å². The summed E-state index contributed by atoms with van der Waals surface area (Å²) in [5.41, 5.74) is 0.796. The van der Waals surface area contributed by atoms with Crippen LogP contribution in [0.25, 0.3) is 0 Å².